The fourth-order valence-electron chi connectivity index (χ4n) is 5.90. The first-order valence-electron chi connectivity index (χ1n) is 16.8. The first-order valence-corrected chi connectivity index (χ1v) is 16.8. The van der Waals surface area contributed by atoms with Crippen LogP contribution in [-0.2, 0) is 0 Å². The Bertz CT molecular complexity index is 563. The second-order valence-electron chi connectivity index (χ2n) is 11.9. The Morgan fingerprint density at radius 1 is 0.528 bits per heavy atom. The highest BCUT2D eigenvalue weighted by Gasteiger charge is 2.25. The zero-order valence-electron chi connectivity index (χ0n) is 25.4. The molecule has 1 aromatic heterocycles. The van der Waals surface area contributed by atoms with Crippen LogP contribution in [0.5, 0.6) is 0 Å². The standard InChI is InChI=1S/C34H66N2/c1-5-8-11-14-16-17-18-19-20-21-23-26-29-33(28-25-22-15-12-9-6-2)34-35-30-31-36(34)32(4)27-24-13-10-7-3/h30-33H,5-29H2,1-4H3/p+1. The van der Waals surface area contributed by atoms with Gasteiger partial charge in [-0.15, -0.1) is 0 Å². The van der Waals surface area contributed by atoms with Crippen molar-refractivity contribution in [2.75, 3.05) is 0 Å². The molecule has 0 aromatic carbocycles. The van der Waals surface area contributed by atoms with E-state index in [2.05, 4.69) is 49.6 Å². The predicted molar refractivity (Wildman–Crippen MR) is 161 cm³/mol. The highest BCUT2D eigenvalue weighted by Crippen LogP contribution is 2.27. The van der Waals surface area contributed by atoms with E-state index in [1.165, 1.54) is 166 Å². The highest BCUT2D eigenvalue weighted by atomic mass is 15.1. The molecular weight excluding hydrogens is 436 g/mol. The van der Waals surface area contributed by atoms with Crippen LogP contribution in [0.1, 0.15) is 206 Å². The normalized spacial score (nSPS) is 13.3. The maximum atomic E-state index is 3.71. The number of nitrogens with zero attached hydrogens (tertiary/aromatic N) is 1. The molecule has 0 aliphatic heterocycles. The summed E-state index contributed by atoms with van der Waals surface area (Å²) in [7, 11) is 0. The molecule has 212 valence electrons. The molecule has 0 bridgehead atoms. The molecule has 2 heteroatoms. The summed E-state index contributed by atoms with van der Waals surface area (Å²) in [6, 6.07) is 0.622. The van der Waals surface area contributed by atoms with Crippen molar-refractivity contribution in [3.8, 4) is 0 Å². The summed E-state index contributed by atoms with van der Waals surface area (Å²) >= 11 is 0. The summed E-state index contributed by atoms with van der Waals surface area (Å²) in [5.74, 6) is 2.24. The molecule has 2 nitrogen and oxygen atoms in total. The van der Waals surface area contributed by atoms with Crippen molar-refractivity contribution in [2.45, 2.75) is 200 Å². The third kappa shape index (κ3) is 16.9. The van der Waals surface area contributed by atoms with E-state index in [-0.39, 0.29) is 0 Å². The van der Waals surface area contributed by atoms with Crippen LogP contribution < -0.4 is 4.57 Å². The molecule has 0 radical (unpaired) electrons. The van der Waals surface area contributed by atoms with Crippen molar-refractivity contribution in [3.63, 3.8) is 0 Å². The largest absolute Gasteiger partial charge is 0.257 e. The summed E-state index contributed by atoms with van der Waals surface area (Å²) in [4.78, 5) is 3.71. The van der Waals surface area contributed by atoms with Crippen LogP contribution in [0, 0.1) is 0 Å². The topological polar surface area (TPSA) is 19.7 Å². The summed E-state index contributed by atoms with van der Waals surface area (Å²) in [6.45, 7) is 9.38. The summed E-state index contributed by atoms with van der Waals surface area (Å²) in [5, 5.41) is 0. The summed E-state index contributed by atoms with van der Waals surface area (Å²) < 4.78 is 2.61. The third-order valence-corrected chi connectivity index (χ3v) is 8.39. The van der Waals surface area contributed by atoms with Crippen LogP contribution in [0.4, 0.5) is 0 Å². The van der Waals surface area contributed by atoms with Crippen LogP contribution in [0.25, 0.3) is 0 Å². The summed E-state index contributed by atoms with van der Waals surface area (Å²) in [5.41, 5.74) is 0. The van der Waals surface area contributed by atoms with Crippen LogP contribution in [-0.4, -0.2) is 4.98 Å². The lowest BCUT2D eigenvalue weighted by Gasteiger charge is -2.17. The van der Waals surface area contributed by atoms with Gasteiger partial charge in [-0.1, -0.05) is 156 Å². The van der Waals surface area contributed by atoms with Crippen LogP contribution in [0.3, 0.4) is 0 Å². The Morgan fingerprint density at radius 3 is 1.33 bits per heavy atom. The second-order valence-corrected chi connectivity index (χ2v) is 11.9. The molecule has 1 heterocycles. The molecule has 2 unspecified atom stereocenters. The molecule has 0 fully saturated rings. The summed E-state index contributed by atoms with van der Waals surface area (Å²) in [6.07, 6.45) is 39.8. The fraction of sp³-hybridized carbons (Fsp3) is 0.912. The van der Waals surface area contributed by atoms with Gasteiger partial charge in [-0.2, -0.15) is 0 Å². The lowest BCUT2D eigenvalue weighted by molar-refractivity contribution is -0.727. The highest BCUT2D eigenvalue weighted by molar-refractivity contribution is 4.90. The van der Waals surface area contributed by atoms with Gasteiger partial charge in [0.2, 0.25) is 0 Å². The van der Waals surface area contributed by atoms with E-state index in [0.29, 0.717) is 12.0 Å². The first kappa shape index (κ1) is 33.2. The molecule has 0 saturated heterocycles. The first-order chi connectivity index (χ1) is 17.7. The molecule has 1 rings (SSSR count). The van der Waals surface area contributed by atoms with Gasteiger partial charge >= 0.3 is 0 Å². The minimum absolute atomic E-state index is 0.622. The van der Waals surface area contributed by atoms with Crippen molar-refractivity contribution in [1.29, 1.82) is 0 Å². The molecule has 0 saturated carbocycles. The number of imidazole rings is 1. The molecule has 1 N–H and O–H groups in total. The lowest BCUT2D eigenvalue weighted by atomic mass is 9.92. The minimum Gasteiger partial charge on any atom is -0.247 e. The van der Waals surface area contributed by atoms with E-state index in [1.54, 1.807) is 0 Å². The Balaban J connectivity index is 2.40. The van der Waals surface area contributed by atoms with E-state index >= 15 is 0 Å². The molecule has 1 aromatic rings. The van der Waals surface area contributed by atoms with Crippen LogP contribution in [0.2, 0.25) is 0 Å². The molecule has 0 spiro atoms. The molecule has 36 heavy (non-hydrogen) atoms. The lowest BCUT2D eigenvalue weighted by Crippen LogP contribution is -2.41. The van der Waals surface area contributed by atoms with Gasteiger partial charge in [0, 0.05) is 0 Å². The Kier molecular flexibility index (Phi) is 22.7. The van der Waals surface area contributed by atoms with E-state index in [4.69, 9.17) is 0 Å². The third-order valence-electron chi connectivity index (χ3n) is 8.39. The average molecular weight is 504 g/mol. The SMILES string of the molecule is CCCCCCCCCCCCCCC(CCCCCCCC)c1[nH]cc[n+]1C(C)CCCCCC. The van der Waals surface area contributed by atoms with Gasteiger partial charge in [0.15, 0.2) is 0 Å². The number of H-pyrrole nitrogens is 1. The van der Waals surface area contributed by atoms with E-state index in [0.717, 1.165) is 0 Å². The zero-order valence-corrected chi connectivity index (χ0v) is 25.4. The molecule has 0 aliphatic carbocycles. The van der Waals surface area contributed by atoms with Gasteiger partial charge < -0.3 is 0 Å². The van der Waals surface area contributed by atoms with Gasteiger partial charge in [0.25, 0.3) is 5.82 Å². The van der Waals surface area contributed by atoms with E-state index in [1.807, 2.05) is 0 Å². The van der Waals surface area contributed by atoms with Gasteiger partial charge in [0.05, 0.1) is 12.0 Å². The predicted octanol–water partition coefficient (Wildman–Crippen LogP) is 11.8. The van der Waals surface area contributed by atoms with Crippen LogP contribution >= 0.6 is 0 Å². The number of nitrogens with one attached hydrogen (secondary N) is 1. The minimum atomic E-state index is 0.622. The molecule has 0 aliphatic rings. The number of hydrogen-bond donors (Lipinski definition) is 1. The van der Waals surface area contributed by atoms with Gasteiger partial charge in [-0.05, 0) is 32.6 Å². The Hall–Kier alpha value is -0.790. The maximum Gasteiger partial charge on any atom is 0.257 e. The monoisotopic (exact) mass is 504 g/mol. The number of hydrogen-bond acceptors (Lipinski definition) is 0. The van der Waals surface area contributed by atoms with Crippen LogP contribution in [0.15, 0.2) is 12.4 Å². The van der Waals surface area contributed by atoms with Crippen molar-refractivity contribution >= 4 is 0 Å². The van der Waals surface area contributed by atoms with Crippen molar-refractivity contribution in [2.24, 2.45) is 0 Å². The zero-order chi connectivity index (χ0) is 26.1. The van der Waals surface area contributed by atoms with Gasteiger partial charge in [-0.25, -0.2) is 9.55 Å². The molecular formula is C34H67N2+. The van der Waals surface area contributed by atoms with Crippen molar-refractivity contribution in [1.82, 2.24) is 4.98 Å². The number of rotatable bonds is 27. The molecule has 2 atom stereocenters. The average Bonchev–Trinajstić information content (AvgIpc) is 3.38. The smallest absolute Gasteiger partial charge is 0.247 e. The van der Waals surface area contributed by atoms with Crippen molar-refractivity contribution < 1.29 is 4.57 Å². The number of unbranched alkanes of at least 4 members (excludes halogenated alkanes) is 19. The Labute approximate surface area is 227 Å². The van der Waals surface area contributed by atoms with Gasteiger partial charge in [0.1, 0.15) is 12.4 Å². The van der Waals surface area contributed by atoms with E-state index < -0.39 is 0 Å². The molecule has 0 amide bonds. The van der Waals surface area contributed by atoms with Gasteiger partial charge in [-0.3, -0.25) is 0 Å². The maximum absolute atomic E-state index is 3.71. The quantitative estimate of drug-likeness (QED) is 0.0909. The Morgan fingerprint density at radius 2 is 0.889 bits per heavy atom. The van der Waals surface area contributed by atoms with E-state index in [9.17, 15) is 0 Å². The fourth-order valence-corrected chi connectivity index (χ4v) is 5.90. The number of aromatic amines is 1. The number of aromatic nitrogens is 2. The van der Waals surface area contributed by atoms with Crippen molar-refractivity contribution in [3.05, 3.63) is 18.2 Å². The second kappa shape index (κ2) is 24.5.